The van der Waals surface area contributed by atoms with E-state index in [0.29, 0.717) is 12.1 Å². The molecule has 0 aliphatic carbocycles. The van der Waals surface area contributed by atoms with E-state index in [1.807, 2.05) is 7.05 Å². The molecule has 1 aromatic carbocycles. The fraction of sp³-hybridized carbons (Fsp3) is 0.625. The van der Waals surface area contributed by atoms with Crippen LogP contribution in [-0.2, 0) is 11.3 Å². The summed E-state index contributed by atoms with van der Waals surface area (Å²) in [7, 11) is 3.72. The van der Waals surface area contributed by atoms with Crippen molar-refractivity contribution >= 4 is 0 Å². The largest absolute Gasteiger partial charge is 0.496 e. The first-order valence-electron chi connectivity index (χ1n) is 7.31. The first kappa shape index (κ1) is 15.3. The van der Waals surface area contributed by atoms with Crippen LogP contribution >= 0.6 is 0 Å². The zero-order chi connectivity index (χ0) is 14.5. The molecule has 0 spiro atoms. The Labute approximate surface area is 122 Å². The summed E-state index contributed by atoms with van der Waals surface area (Å²) in [6.07, 6.45) is 0. The van der Waals surface area contributed by atoms with E-state index in [4.69, 9.17) is 9.47 Å². The quantitative estimate of drug-likeness (QED) is 0.895. The maximum absolute atomic E-state index is 5.51. The average Bonchev–Trinajstić information content (AvgIpc) is 2.48. The number of morpholine rings is 1. The van der Waals surface area contributed by atoms with Crippen LogP contribution in [0.5, 0.6) is 5.75 Å². The van der Waals surface area contributed by atoms with E-state index in [1.54, 1.807) is 7.11 Å². The average molecular weight is 278 g/mol. The standard InChI is InChI=1S/C16H26N2O2/c1-12-11-20-8-7-18(12)10-15-9-14(13(2)17-3)5-6-16(15)19-4/h5-6,9,12-13,17H,7-8,10-11H2,1-4H3. The van der Waals surface area contributed by atoms with Crippen LogP contribution in [0.25, 0.3) is 0 Å². The third-order valence-corrected chi connectivity index (χ3v) is 4.12. The highest BCUT2D eigenvalue weighted by atomic mass is 16.5. The number of hydrogen-bond acceptors (Lipinski definition) is 4. The monoisotopic (exact) mass is 278 g/mol. The zero-order valence-electron chi connectivity index (χ0n) is 13.0. The lowest BCUT2D eigenvalue weighted by Crippen LogP contribution is -2.43. The minimum absolute atomic E-state index is 0.349. The fourth-order valence-electron chi connectivity index (χ4n) is 2.57. The van der Waals surface area contributed by atoms with Gasteiger partial charge < -0.3 is 14.8 Å². The summed E-state index contributed by atoms with van der Waals surface area (Å²) in [6, 6.07) is 7.26. The molecule has 1 N–H and O–H groups in total. The second-order valence-electron chi connectivity index (χ2n) is 5.48. The molecule has 4 nitrogen and oxygen atoms in total. The smallest absolute Gasteiger partial charge is 0.123 e. The molecule has 2 unspecified atom stereocenters. The van der Waals surface area contributed by atoms with Crippen molar-refractivity contribution in [3.8, 4) is 5.75 Å². The highest BCUT2D eigenvalue weighted by Crippen LogP contribution is 2.25. The topological polar surface area (TPSA) is 33.7 Å². The van der Waals surface area contributed by atoms with Crippen molar-refractivity contribution in [2.24, 2.45) is 0 Å². The Balaban J connectivity index is 2.19. The third kappa shape index (κ3) is 3.51. The summed E-state index contributed by atoms with van der Waals surface area (Å²) < 4.78 is 11.0. The Morgan fingerprint density at radius 2 is 2.30 bits per heavy atom. The second-order valence-corrected chi connectivity index (χ2v) is 5.48. The van der Waals surface area contributed by atoms with E-state index in [2.05, 4.69) is 42.3 Å². The van der Waals surface area contributed by atoms with Gasteiger partial charge in [0.05, 0.1) is 20.3 Å². The van der Waals surface area contributed by atoms with Gasteiger partial charge in [-0.15, -0.1) is 0 Å². The van der Waals surface area contributed by atoms with Crippen molar-refractivity contribution in [1.29, 1.82) is 0 Å². The van der Waals surface area contributed by atoms with Crippen LogP contribution in [0.15, 0.2) is 18.2 Å². The van der Waals surface area contributed by atoms with E-state index in [1.165, 1.54) is 11.1 Å². The van der Waals surface area contributed by atoms with Gasteiger partial charge in [0, 0.05) is 30.7 Å². The predicted molar refractivity (Wildman–Crippen MR) is 81.2 cm³/mol. The van der Waals surface area contributed by atoms with Gasteiger partial charge in [-0.1, -0.05) is 6.07 Å². The van der Waals surface area contributed by atoms with Crippen molar-refractivity contribution in [1.82, 2.24) is 10.2 Å². The lowest BCUT2D eigenvalue weighted by Gasteiger charge is -2.33. The van der Waals surface area contributed by atoms with Crippen LogP contribution in [0.2, 0.25) is 0 Å². The summed E-state index contributed by atoms with van der Waals surface area (Å²) >= 11 is 0. The fourth-order valence-corrected chi connectivity index (χ4v) is 2.57. The van der Waals surface area contributed by atoms with Gasteiger partial charge in [0.2, 0.25) is 0 Å². The molecule has 112 valence electrons. The SMILES string of the molecule is CNC(C)c1ccc(OC)c(CN2CCOCC2C)c1. The number of benzene rings is 1. The number of ether oxygens (including phenoxy) is 2. The Morgan fingerprint density at radius 1 is 1.50 bits per heavy atom. The normalized spacial score (nSPS) is 21.7. The molecule has 0 aromatic heterocycles. The highest BCUT2D eigenvalue weighted by molar-refractivity contribution is 5.38. The van der Waals surface area contributed by atoms with Crippen molar-refractivity contribution in [3.63, 3.8) is 0 Å². The molecule has 2 atom stereocenters. The summed E-state index contributed by atoms with van der Waals surface area (Å²) in [5.74, 6) is 0.968. The third-order valence-electron chi connectivity index (χ3n) is 4.12. The number of rotatable bonds is 5. The maximum Gasteiger partial charge on any atom is 0.123 e. The van der Waals surface area contributed by atoms with Crippen LogP contribution in [0.3, 0.4) is 0 Å². The highest BCUT2D eigenvalue weighted by Gasteiger charge is 2.20. The van der Waals surface area contributed by atoms with Gasteiger partial charge in [0.15, 0.2) is 0 Å². The first-order chi connectivity index (χ1) is 9.65. The molecule has 2 rings (SSSR count). The Morgan fingerprint density at radius 3 is 2.95 bits per heavy atom. The molecule has 0 amide bonds. The van der Waals surface area contributed by atoms with E-state index in [0.717, 1.165) is 32.1 Å². The van der Waals surface area contributed by atoms with E-state index >= 15 is 0 Å². The second kappa shape index (κ2) is 7.07. The molecule has 1 aromatic rings. The minimum atomic E-state index is 0.349. The molecule has 1 heterocycles. The van der Waals surface area contributed by atoms with E-state index < -0.39 is 0 Å². The Hall–Kier alpha value is -1.10. The molecule has 1 aliphatic heterocycles. The first-order valence-corrected chi connectivity index (χ1v) is 7.31. The van der Waals surface area contributed by atoms with Gasteiger partial charge in [-0.25, -0.2) is 0 Å². The van der Waals surface area contributed by atoms with Gasteiger partial charge in [0.1, 0.15) is 5.75 Å². The molecule has 20 heavy (non-hydrogen) atoms. The summed E-state index contributed by atoms with van der Waals surface area (Å²) in [5.41, 5.74) is 2.55. The molecular formula is C16H26N2O2. The van der Waals surface area contributed by atoms with Crippen molar-refractivity contribution in [2.45, 2.75) is 32.5 Å². The molecule has 1 aliphatic rings. The van der Waals surface area contributed by atoms with Crippen molar-refractivity contribution in [3.05, 3.63) is 29.3 Å². The van der Waals surface area contributed by atoms with Crippen LogP contribution in [0.4, 0.5) is 0 Å². The molecule has 1 fully saturated rings. The predicted octanol–water partition coefficient (Wildman–Crippen LogP) is 2.20. The van der Waals surface area contributed by atoms with Crippen molar-refractivity contribution < 1.29 is 9.47 Å². The Bertz CT molecular complexity index is 436. The zero-order valence-corrected chi connectivity index (χ0v) is 13.0. The minimum Gasteiger partial charge on any atom is -0.496 e. The molecule has 1 saturated heterocycles. The van der Waals surface area contributed by atoms with Gasteiger partial charge >= 0.3 is 0 Å². The maximum atomic E-state index is 5.51. The van der Waals surface area contributed by atoms with Gasteiger partial charge in [-0.2, -0.15) is 0 Å². The van der Waals surface area contributed by atoms with Crippen LogP contribution in [0, 0.1) is 0 Å². The lowest BCUT2D eigenvalue weighted by atomic mass is 10.0. The summed E-state index contributed by atoms with van der Waals surface area (Å²) in [5, 5.41) is 3.28. The molecule has 0 bridgehead atoms. The molecule has 0 saturated carbocycles. The number of nitrogens with zero attached hydrogens (tertiary/aromatic N) is 1. The van der Waals surface area contributed by atoms with Gasteiger partial charge in [-0.3, -0.25) is 4.90 Å². The Kier molecular flexibility index (Phi) is 5.40. The summed E-state index contributed by atoms with van der Waals surface area (Å²) in [4.78, 5) is 2.45. The number of methoxy groups -OCH3 is 1. The van der Waals surface area contributed by atoms with Crippen molar-refractivity contribution in [2.75, 3.05) is 33.9 Å². The van der Waals surface area contributed by atoms with E-state index in [-0.39, 0.29) is 0 Å². The van der Waals surface area contributed by atoms with Crippen LogP contribution in [0.1, 0.15) is 31.0 Å². The van der Waals surface area contributed by atoms with Gasteiger partial charge in [-0.05, 0) is 38.6 Å². The molecular weight excluding hydrogens is 252 g/mol. The number of hydrogen-bond donors (Lipinski definition) is 1. The van der Waals surface area contributed by atoms with E-state index in [9.17, 15) is 0 Å². The molecule has 0 radical (unpaired) electrons. The molecule has 4 heteroatoms. The van der Waals surface area contributed by atoms with Gasteiger partial charge in [0.25, 0.3) is 0 Å². The summed E-state index contributed by atoms with van der Waals surface area (Å²) in [6.45, 7) is 7.91. The number of nitrogens with one attached hydrogen (secondary N) is 1. The van der Waals surface area contributed by atoms with Crippen LogP contribution < -0.4 is 10.1 Å². The lowest BCUT2D eigenvalue weighted by molar-refractivity contribution is -0.00465. The van der Waals surface area contributed by atoms with Crippen LogP contribution in [-0.4, -0.2) is 44.9 Å².